The van der Waals surface area contributed by atoms with Gasteiger partial charge in [0.2, 0.25) is 5.91 Å². The summed E-state index contributed by atoms with van der Waals surface area (Å²) in [5, 5.41) is 12.2. The first-order chi connectivity index (χ1) is 12.5. The number of rotatable bonds is 4. The van der Waals surface area contributed by atoms with E-state index in [-0.39, 0.29) is 24.3 Å². The van der Waals surface area contributed by atoms with Crippen molar-refractivity contribution in [2.75, 3.05) is 18.4 Å². The predicted molar refractivity (Wildman–Crippen MR) is 97.0 cm³/mol. The zero-order valence-corrected chi connectivity index (χ0v) is 14.4. The summed E-state index contributed by atoms with van der Waals surface area (Å²) in [6, 6.07) is 16.0. The number of carboxylic acid groups (broad SMARTS) is 1. The molecule has 0 unspecified atom stereocenters. The summed E-state index contributed by atoms with van der Waals surface area (Å²) in [5.41, 5.74) is 2.01. The van der Waals surface area contributed by atoms with Crippen molar-refractivity contribution in [1.82, 2.24) is 4.90 Å². The fraction of sp³-hybridized carbons (Fsp3) is 0.250. The molecule has 0 aliphatic carbocycles. The largest absolute Gasteiger partial charge is 0.481 e. The molecule has 134 valence electrons. The molecule has 1 fully saturated rings. The van der Waals surface area contributed by atoms with Gasteiger partial charge in [0.25, 0.3) is 5.91 Å². The fourth-order valence-corrected chi connectivity index (χ4v) is 3.34. The van der Waals surface area contributed by atoms with E-state index in [2.05, 4.69) is 5.32 Å². The van der Waals surface area contributed by atoms with E-state index in [9.17, 15) is 19.5 Å². The molecule has 0 bridgehead atoms. The number of carbonyl (C=O) groups excluding carboxylic acids is 2. The van der Waals surface area contributed by atoms with Gasteiger partial charge >= 0.3 is 5.97 Å². The SMILES string of the molecule is CC(=O)Nc1ccc(C(=O)N2C[C@H](C(=O)O)[C@H](c3ccccc3)C2)cc1. The van der Waals surface area contributed by atoms with Gasteiger partial charge < -0.3 is 15.3 Å². The number of anilines is 1. The van der Waals surface area contributed by atoms with E-state index in [1.54, 1.807) is 29.2 Å². The number of nitrogens with zero attached hydrogens (tertiary/aromatic N) is 1. The molecule has 2 N–H and O–H groups in total. The molecule has 2 aromatic carbocycles. The second kappa shape index (κ2) is 7.39. The molecule has 0 radical (unpaired) electrons. The minimum atomic E-state index is -0.893. The van der Waals surface area contributed by atoms with Crippen LogP contribution in [0.5, 0.6) is 0 Å². The van der Waals surface area contributed by atoms with Gasteiger partial charge in [-0.25, -0.2) is 0 Å². The molecule has 6 heteroatoms. The molecule has 6 nitrogen and oxygen atoms in total. The molecular weight excluding hydrogens is 332 g/mol. The standard InChI is InChI=1S/C20H20N2O4/c1-13(23)21-16-9-7-15(8-10-16)19(24)22-11-17(18(12-22)20(25)26)14-5-3-2-4-6-14/h2-10,17-18H,11-12H2,1H3,(H,21,23)(H,25,26)/t17-,18-/m0/s1. The number of benzene rings is 2. The van der Waals surface area contributed by atoms with Gasteiger partial charge in [0.05, 0.1) is 5.92 Å². The lowest BCUT2D eigenvalue weighted by Gasteiger charge is -2.17. The second-order valence-corrected chi connectivity index (χ2v) is 6.43. The van der Waals surface area contributed by atoms with E-state index in [0.717, 1.165) is 5.56 Å². The Labute approximate surface area is 151 Å². The highest BCUT2D eigenvalue weighted by molar-refractivity contribution is 5.96. The number of carbonyl (C=O) groups is 3. The number of hydrogen-bond acceptors (Lipinski definition) is 3. The maximum atomic E-state index is 12.8. The molecule has 3 rings (SSSR count). The molecule has 1 aliphatic heterocycles. The highest BCUT2D eigenvalue weighted by atomic mass is 16.4. The van der Waals surface area contributed by atoms with Gasteiger partial charge in [-0.3, -0.25) is 14.4 Å². The van der Waals surface area contributed by atoms with Crippen LogP contribution in [0, 0.1) is 5.92 Å². The van der Waals surface area contributed by atoms with Crippen molar-refractivity contribution in [2.45, 2.75) is 12.8 Å². The average Bonchev–Trinajstić information content (AvgIpc) is 3.08. The van der Waals surface area contributed by atoms with E-state index in [0.29, 0.717) is 17.8 Å². The van der Waals surface area contributed by atoms with Gasteiger partial charge in [-0.05, 0) is 29.8 Å². The zero-order chi connectivity index (χ0) is 18.7. The van der Waals surface area contributed by atoms with Crippen LogP contribution in [0.1, 0.15) is 28.8 Å². The second-order valence-electron chi connectivity index (χ2n) is 6.43. The normalized spacial score (nSPS) is 19.2. The fourth-order valence-electron chi connectivity index (χ4n) is 3.34. The van der Waals surface area contributed by atoms with Crippen molar-refractivity contribution in [1.29, 1.82) is 0 Å². The third kappa shape index (κ3) is 3.74. The van der Waals surface area contributed by atoms with Gasteiger partial charge in [0, 0.05) is 37.2 Å². The molecule has 2 amide bonds. The Kier molecular flexibility index (Phi) is 5.02. The maximum absolute atomic E-state index is 12.8. The Morgan fingerprint density at radius 3 is 2.23 bits per heavy atom. The van der Waals surface area contributed by atoms with Crippen LogP contribution in [0.15, 0.2) is 54.6 Å². The van der Waals surface area contributed by atoms with Crippen molar-refractivity contribution in [2.24, 2.45) is 5.92 Å². The molecule has 0 aromatic heterocycles. The van der Waals surface area contributed by atoms with Gasteiger partial charge in [-0.15, -0.1) is 0 Å². The number of carboxylic acids is 1. The van der Waals surface area contributed by atoms with Crippen LogP contribution >= 0.6 is 0 Å². The van der Waals surface area contributed by atoms with Gasteiger partial charge in [0.15, 0.2) is 0 Å². The molecular formula is C20H20N2O4. The predicted octanol–water partition coefficient (Wildman–Crippen LogP) is 2.59. The highest BCUT2D eigenvalue weighted by Gasteiger charge is 2.40. The summed E-state index contributed by atoms with van der Waals surface area (Å²) in [7, 11) is 0. The quantitative estimate of drug-likeness (QED) is 0.885. The number of aliphatic carboxylic acids is 1. The molecule has 1 heterocycles. The lowest BCUT2D eigenvalue weighted by molar-refractivity contribution is -0.141. The Morgan fingerprint density at radius 1 is 1.00 bits per heavy atom. The Balaban J connectivity index is 1.78. The van der Waals surface area contributed by atoms with Crippen molar-refractivity contribution >= 4 is 23.5 Å². The number of hydrogen-bond donors (Lipinski definition) is 2. The van der Waals surface area contributed by atoms with Crippen LogP contribution in [-0.4, -0.2) is 40.9 Å². The molecule has 26 heavy (non-hydrogen) atoms. The number of nitrogens with one attached hydrogen (secondary N) is 1. The van der Waals surface area contributed by atoms with E-state index in [1.165, 1.54) is 6.92 Å². The third-order valence-corrected chi connectivity index (χ3v) is 4.60. The van der Waals surface area contributed by atoms with Gasteiger partial charge in [-0.1, -0.05) is 30.3 Å². The Bertz CT molecular complexity index is 817. The minimum Gasteiger partial charge on any atom is -0.481 e. The average molecular weight is 352 g/mol. The van der Waals surface area contributed by atoms with Crippen molar-refractivity contribution in [3.05, 3.63) is 65.7 Å². The Hall–Kier alpha value is -3.15. The number of likely N-dealkylation sites (tertiary alicyclic amines) is 1. The van der Waals surface area contributed by atoms with E-state index < -0.39 is 11.9 Å². The van der Waals surface area contributed by atoms with Crippen LogP contribution in [0.4, 0.5) is 5.69 Å². The first kappa shape index (κ1) is 17.7. The topological polar surface area (TPSA) is 86.7 Å². The lowest BCUT2D eigenvalue weighted by Crippen LogP contribution is -2.29. The zero-order valence-electron chi connectivity index (χ0n) is 14.4. The third-order valence-electron chi connectivity index (χ3n) is 4.60. The summed E-state index contributed by atoms with van der Waals surface area (Å²) in [6.07, 6.45) is 0. The minimum absolute atomic E-state index is 0.182. The molecule has 1 aliphatic rings. The van der Waals surface area contributed by atoms with Gasteiger partial charge in [0.1, 0.15) is 0 Å². The van der Waals surface area contributed by atoms with E-state index in [4.69, 9.17) is 0 Å². The maximum Gasteiger partial charge on any atom is 0.308 e. The summed E-state index contributed by atoms with van der Waals surface area (Å²) < 4.78 is 0. The van der Waals surface area contributed by atoms with E-state index >= 15 is 0 Å². The molecule has 1 saturated heterocycles. The summed E-state index contributed by atoms with van der Waals surface area (Å²) >= 11 is 0. The van der Waals surface area contributed by atoms with Crippen LogP contribution in [0.3, 0.4) is 0 Å². The monoisotopic (exact) mass is 352 g/mol. The molecule has 0 saturated carbocycles. The molecule has 2 aromatic rings. The van der Waals surface area contributed by atoms with E-state index in [1.807, 2.05) is 30.3 Å². The number of amides is 2. The molecule has 0 spiro atoms. The van der Waals surface area contributed by atoms with Crippen LogP contribution in [0.2, 0.25) is 0 Å². The summed E-state index contributed by atoms with van der Waals surface area (Å²) in [4.78, 5) is 37.1. The van der Waals surface area contributed by atoms with Crippen molar-refractivity contribution in [3.8, 4) is 0 Å². The van der Waals surface area contributed by atoms with Crippen LogP contribution < -0.4 is 5.32 Å². The Morgan fingerprint density at radius 2 is 1.65 bits per heavy atom. The smallest absolute Gasteiger partial charge is 0.308 e. The summed E-state index contributed by atoms with van der Waals surface area (Å²) in [6.45, 7) is 1.97. The van der Waals surface area contributed by atoms with Crippen LogP contribution in [0.25, 0.3) is 0 Å². The van der Waals surface area contributed by atoms with Crippen molar-refractivity contribution in [3.63, 3.8) is 0 Å². The van der Waals surface area contributed by atoms with Gasteiger partial charge in [-0.2, -0.15) is 0 Å². The highest BCUT2D eigenvalue weighted by Crippen LogP contribution is 2.33. The molecule has 2 atom stereocenters. The first-order valence-corrected chi connectivity index (χ1v) is 8.40. The van der Waals surface area contributed by atoms with Crippen molar-refractivity contribution < 1.29 is 19.5 Å². The summed E-state index contributed by atoms with van der Waals surface area (Å²) in [5.74, 6) is -2.13. The lowest BCUT2D eigenvalue weighted by atomic mass is 9.89. The first-order valence-electron chi connectivity index (χ1n) is 8.40. The van der Waals surface area contributed by atoms with Crippen LogP contribution in [-0.2, 0) is 9.59 Å².